The number of nitrogens with zero attached hydrogens (tertiary/aromatic N) is 4. The van der Waals surface area contributed by atoms with Gasteiger partial charge in [-0.3, -0.25) is 14.6 Å². The molecular weight excluding hydrogens is 514 g/mol. The molecule has 1 aliphatic rings. The van der Waals surface area contributed by atoms with Crippen LogP contribution in [0.15, 0.2) is 79.0 Å². The summed E-state index contributed by atoms with van der Waals surface area (Å²) in [6, 6.07) is 24.1. The third kappa shape index (κ3) is 6.22. The van der Waals surface area contributed by atoms with E-state index >= 15 is 0 Å². The minimum atomic E-state index is -0.408. The first-order chi connectivity index (χ1) is 20.1. The number of aryl methyl sites for hydroxylation is 2. The van der Waals surface area contributed by atoms with Crippen LogP contribution < -0.4 is 10.1 Å². The van der Waals surface area contributed by atoms with Crippen molar-refractivity contribution in [3.05, 3.63) is 95.9 Å². The number of alkyl carbamates (subject to hydrolysis) is 1. The molecular formula is C33H33N5O3. The first kappa shape index (κ1) is 26.5. The van der Waals surface area contributed by atoms with Gasteiger partial charge in [0.25, 0.3) is 0 Å². The zero-order chi connectivity index (χ0) is 28.0. The Hall–Kier alpha value is -4.72. The highest BCUT2D eigenvalue weighted by Crippen LogP contribution is 2.38. The van der Waals surface area contributed by atoms with Crippen LogP contribution in [0.3, 0.4) is 0 Å². The summed E-state index contributed by atoms with van der Waals surface area (Å²) in [6.45, 7) is 4.28. The lowest BCUT2D eigenvalue weighted by atomic mass is 9.98. The van der Waals surface area contributed by atoms with Crippen molar-refractivity contribution in [1.82, 2.24) is 25.1 Å². The molecule has 3 aromatic heterocycles. The van der Waals surface area contributed by atoms with Gasteiger partial charge < -0.3 is 14.8 Å². The van der Waals surface area contributed by atoms with Crippen LogP contribution in [-0.2, 0) is 24.3 Å². The van der Waals surface area contributed by atoms with Gasteiger partial charge in [-0.25, -0.2) is 4.79 Å². The molecule has 8 heteroatoms. The molecule has 8 nitrogen and oxygen atoms in total. The van der Waals surface area contributed by atoms with Crippen LogP contribution in [0.25, 0.3) is 33.4 Å². The van der Waals surface area contributed by atoms with Gasteiger partial charge in [0, 0.05) is 35.4 Å². The molecule has 1 amide bonds. The second-order valence-corrected chi connectivity index (χ2v) is 10.3. The largest absolute Gasteiger partial charge is 0.492 e. The molecule has 41 heavy (non-hydrogen) atoms. The predicted octanol–water partition coefficient (Wildman–Crippen LogP) is 6.50. The number of aromatic nitrogens is 4. The van der Waals surface area contributed by atoms with Gasteiger partial charge in [-0.15, -0.1) is 0 Å². The summed E-state index contributed by atoms with van der Waals surface area (Å²) in [5.41, 5.74) is 8.22. The molecule has 1 N–H and O–H groups in total. The van der Waals surface area contributed by atoms with E-state index in [-0.39, 0.29) is 6.61 Å². The molecule has 0 fully saturated rings. The average molecular weight is 548 g/mol. The lowest BCUT2D eigenvalue weighted by Gasteiger charge is -2.10. The van der Waals surface area contributed by atoms with Crippen molar-refractivity contribution in [3.8, 4) is 28.3 Å². The number of ether oxygens (including phenoxy) is 2. The van der Waals surface area contributed by atoms with Crippen molar-refractivity contribution < 1.29 is 14.3 Å². The van der Waals surface area contributed by atoms with Crippen molar-refractivity contribution in [2.24, 2.45) is 0 Å². The quantitative estimate of drug-likeness (QED) is 0.201. The summed E-state index contributed by atoms with van der Waals surface area (Å²) in [5, 5.41) is 8.77. The molecule has 0 spiro atoms. The number of hydrogen-bond donors (Lipinski definition) is 1. The van der Waals surface area contributed by atoms with E-state index in [4.69, 9.17) is 19.6 Å². The van der Waals surface area contributed by atoms with E-state index in [0.717, 1.165) is 82.7 Å². The molecule has 6 rings (SSSR count). The third-order valence-corrected chi connectivity index (χ3v) is 7.24. The maximum Gasteiger partial charge on any atom is 0.407 e. The fraction of sp³-hybridized carbons (Fsp3) is 0.273. The predicted molar refractivity (Wildman–Crippen MR) is 159 cm³/mol. The van der Waals surface area contributed by atoms with Crippen LogP contribution in [0.5, 0.6) is 5.75 Å². The Morgan fingerprint density at radius 1 is 1.02 bits per heavy atom. The van der Waals surface area contributed by atoms with Gasteiger partial charge in [-0.2, -0.15) is 5.10 Å². The fourth-order valence-electron chi connectivity index (χ4n) is 5.22. The molecule has 0 unspecified atom stereocenters. The fourth-order valence-corrected chi connectivity index (χ4v) is 5.22. The standard InChI is InChI=1S/C33H33N5O3/c1-23-9-7-12-29(36-23)32-31(30-13-8-17-38(30)37-32)25-14-15-28-26(19-25)20-27(21-35-28)40-18-6-5-16-34-33(39)41-22-24-10-3-2-4-11-24/h2-4,7,9-12,14-15,19-21H,5-6,8,13,16-18,22H2,1H3,(H,34,39). The zero-order valence-electron chi connectivity index (χ0n) is 23.2. The van der Waals surface area contributed by atoms with Crippen LogP contribution in [0, 0.1) is 6.92 Å². The SMILES string of the molecule is Cc1cccc(-c2nn3c(c2-c2ccc4ncc(OCCCCNC(=O)OCc5ccccc5)cc4c2)CCC3)n1. The lowest BCUT2D eigenvalue weighted by molar-refractivity contribution is 0.139. The molecule has 4 heterocycles. The van der Waals surface area contributed by atoms with Crippen molar-refractivity contribution in [3.63, 3.8) is 0 Å². The molecule has 0 saturated heterocycles. The molecule has 0 radical (unpaired) electrons. The van der Waals surface area contributed by atoms with Crippen LogP contribution in [0.2, 0.25) is 0 Å². The van der Waals surface area contributed by atoms with Crippen LogP contribution >= 0.6 is 0 Å². The van der Waals surface area contributed by atoms with Crippen molar-refractivity contribution >= 4 is 17.0 Å². The van der Waals surface area contributed by atoms with E-state index in [0.29, 0.717) is 13.2 Å². The zero-order valence-corrected chi connectivity index (χ0v) is 23.2. The van der Waals surface area contributed by atoms with E-state index in [1.165, 1.54) is 5.69 Å². The second kappa shape index (κ2) is 12.2. The Labute approximate surface area is 239 Å². The van der Waals surface area contributed by atoms with Gasteiger partial charge in [0.15, 0.2) is 0 Å². The molecule has 0 bridgehead atoms. The molecule has 2 aromatic carbocycles. The Balaban J connectivity index is 1.07. The number of pyridine rings is 2. The van der Waals surface area contributed by atoms with Crippen molar-refractivity contribution in [1.29, 1.82) is 0 Å². The second-order valence-electron chi connectivity index (χ2n) is 10.3. The van der Waals surface area contributed by atoms with Crippen molar-refractivity contribution in [2.75, 3.05) is 13.2 Å². The summed E-state index contributed by atoms with van der Waals surface area (Å²) in [5.74, 6) is 0.727. The first-order valence-corrected chi connectivity index (χ1v) is 14.2. The number of rotatable bonds is 10. The molecule has 1 aliphatic heterocycles. The summed E-state index contributed by atoms with van der Waals surface area (Å²) in [6.07, 6.45) is 5.05. The van der Waals surface area contributed by atoms with Gasteiger partial charge in [0.05, 0.1) is 24.0 Å². The molecule has 0 saturated carbocycles. The topological polar surface area (TPSA) is 91.2 Å². The highest BCUT2D eigenvalue weighted by atomic mass is 16.5. The molecule has 0 atom stereocenters. The minimum Gasteiger partial charge on any atom is -0.492 e. The maximum absolute atomic E-state index is 11.9. The number of fused-ring (bicyclic) bond motifs is 2. The smallest absolute Gasteiger partial charge is 0.407 e. The highest BCUT2D eigenvalue weighted by Gasteiger charge is 2.24. The number of carbonyl (C=O) groups excluding carboxylic acids is 1. The van der Waals surface area contributed by atoms with Gasteiger partial charge in [-0.1, -0.05) is 42.5 Å². The molecule has 208 valence electrons. The summed E-state index contributed by atoms with van der Waals surface area (Å²) in [4.78, 5) is 21.3. The summed E-state index contributed by atoms with van der Waals surface area (Å²) in [7, 11) is 0. The number of amides is 1. The van der Waals surface area contributed by atoms with E-state index < -0.39 is 6.09 Å². The average Bonchev–Trinajstić information content (AvgIpc) is 3.60. The maximum atomic E-state index is 11.9. The van der Waals surface area contributed by atoms with E-state index in [1.54, 1.807) is 6.20 Å². The Bertz CT molecular complexity index is 1660. The lowest BCUT2D eigenvalue weighted by Crippen LogP contribution is -2.25. The minimum absolute atomic E-state index is 0.264. The van der Waals surface area contributed by atoms with Gasteiger partial charge in [0.1, 0.15) is 18.1 Å². The number of hydrogen-bond acceptors (Lipinski definition) is 6. The van der Waals surface area contributed by atoms with Crippen molar-refractivity contribution in [2.45, 2.75) is 45.8 Å². The van der Waals surface area contributed by atoms with Crippen LogP contribution in [0.1, 0.15) is 36.2 Å². The molecule has 5 aromatic rings. The third-order valence-electron chi connectivity index (χ3n) is 7.24. The normalized spacial score (nSPS) is 12.3. The molecule has 0 aliphatic carbocycles. The Morgan fingerprint density at radius 3 is 2.80 bits per heavy atom. The number of nitrogens with one attached hydrogen (secondary N) is 1. The van der Waals surface area contributed by atoms with E-state index in [9.17, 15) is 4.79 Å². The van der Waals surface area contributed by atoms with Gasteiger partial charge in [0.2, 0.25) is 0 Å². The van der Waals surface area contributed by atoms with Gasteiger partial charge in [-0.05, 0) is 74.1 Å². The van der Waals surface area contributed by atoms with E-state index in [2.05, 4.69) is 33.2 Å². The van der Waals surface area contributed by atoms with Crippen LogP contribution in [0.4, 0.5) is 4.79 Å². The summed E-state index contributed by atoms with van der Waals surface area (Å²) >= 11 is 0. The number of unbranched alkanes of at least 4 members (excludes halogenated alkanes) is 1. The van der Waals surface area contributed by atoms with Gasteiger partial charge >= 0.3 is 6.09 Å². The Kier molecular flexibility index (Phi) is 7.89. The van der Waals surface area contributed by atoms with Crippen LogP contribution in [-0.4, -0.2) is 39.0 Å². The highest BCUT2D eigenvalue weighted by molar-refractivity contribution is 5.89. The monoisotopic (exact) mass is 547 g/mol. The first-order valence-electron chi connectivity index (χ1n) is 14.2. The van der Waals surface area contributed by atoms with E-state index in [1.807, 2.05) is 61.5 Å². The summed E-state index contributed by atoms with van der Waals surface area (Å²) < 4.78 is 13.4. The Morgan fingerprint density at radius 2 is 1.93 bits per heavy atom. The number of benzene rings is 2. The number of carbonyl (C=O) groups is 1.